The van der Waals surface area contributed by atoms with E-state index in [4.69, 9.17) is 22.3 Å². The van der Waals surface area contributed by atoms with Crippen molar-refractivity contribution < 1.29 is 4.79 Å². The van der Waals surface area contributed by atoms with Crippen LogP contribution in [0.3, 0.4) is 0 Å². The van der Waals surface area contributed by atoms with Crippen LogP contribution < -0.4 is 11.1 Å². The standard InChI is InChI=1S/C23H16ClN5OS/c1-12-16(22(30)29-15-5-3-2-4-6-15)17(13-7-9-14(24)10-8-13)18-19-20(31-23(18)28-12)21(25)27-11-26-19/h2-11H,1H3,(H,29,30)(H2,25,26,27). The van der Waals surface area contributed by atoms with Crippen molar-refractivity contribution >= 4 is 60.8 Å². The number of nitrogen functional groups attached to an aromatic ring is 1. The van der Waals surface area contributed by atoms with Crippen LogP contribution in [0.5, 0.6) is 0 Å². The van der Waals surface area contributed by atoms with Crippen molar-refractivity contribution in [2.24, 2.45) is 0 Å². The minimum atomic E-state index is -0.246. The molecule has 0 radical (unpaired) electrons. The smallest absolute Gasteiger partial charge is 0.258 e. The van der Waals surface area contributed by atoms with Gasteiger partial charge in [0.15, 0.2) is 0 Å². The van der Waals surface area contributed by atoms with E-state index in [2.05, 4.69) is 15.3 Å². The number of hydrogen-bond acceptors (Lipinski definition) is 6. The van der Waals surface area contributed by atoms with Gasteiger partial charge in [-0.15, -0.1) is 11.3 Å². The summed E-state index contributed by atoms with van der Waals surface area (Å²) in [6.07, 6.45) is 1.43. The first-order chi connectivity index (χ1) is 15.0. The maximum Gasteiger partial charge on any atom is 0.258 e. The molecule has 0 aliphatic carbocycles. The molecule has 0 aliphatic heterocycles. The van der Waals surface area contributed by atoms with E-state index in [-0.39, 0.29) is 5.91 Å². The van der Waals surface area contributed by atoms with Gasteiger partial charge in [0.25, 0.3) is 5.91 Å². The van der Waals surface area contributed by atoms with Gasteiger partial charge in [-0.1, -0.05) is 41.9 Å². The lowest BCUT2D eigenvalue weighted by molar-refractivity contribution is 0.102. The molecule has 0 atom stereocenters. The molecule has 0 fully saturated rings. The molecule has 2 aromatic carbocycles. The fourth-order valence-corrected chi connectivity index (χ4v) is 4.84. The van der Waals surface area contributed by atoms with E-state index in [9.17, 15) is 4.79 Å². The van der Waals surface area contributed by atoms with Crippen molar-refractivity contribution in [3.8, 4) is 11.1 Å². The zero-order valence-corrected chi connectivity index (χ0v) is 18.0. The Hall–Kier alpha value is -3.55. The third-order valence-corrected chi connectivity index (χ3v) is 6.35. The molecule has 8 heteroatoms. The maximum absolute atomic E-state index is 13.4. The average molecular weight is 446 g/mol. The molecule has 0 aliphatic rings. The number of aromatic nitrogens is 3. The Kier molecular flexibility index (Phi) is 4.77. The van der Waals surface area contributed by atoms with Crippen LogP contribution in [0.25, 0.3) is 31.6 Å². The fourth-order valence-electron chi connectivity index (χ4n) is 3.63. The molecule has 0 saturated carbocycles. The van der Waals surface area contributed by atoms with Crippen LogP contribution in [-0.2, 0) is 0 Å². The van der Waals surface area contributed by atoms with Gasteiger partial charge in [-0.2, -0.15) is 0 Å². The summed E-state index contributed by atoms with van der Waals surface area (Å²) in [6, 6.07) is 16.7. The number of halogens is 1. The first-order valence-corrected chi connectivity index (χ1v) is 10.7. The highest BCUT2D eigenvalue weighted by molar-refractivity contribution is 7.26. The molecule has 152 valence electrons. The number of amides is 1. The monoisotopic (exact) mass is 445 g/mol. The quantitative estimate of drug-likeness (QED) is 0.371. The third kappa shape index (κ3) is 3.37. The molecule has 0 saturated heterocycles. The Morgan fingerprint density at radius 3 is 2.55 bits per heavy atom. The number of nitrogens with two attached hydrogens (primary N) is 1. The number of nitrogens with one attached hydrogen (secondary N) is 1. The summed E-state index contributed by atoms with van der Waals surface area (Å²) in [5, 5.41) is 4.37. The summed E-state index contributed by atoms with van der Waals surface area (Å²) in [4.78, 5) is 27.5. The van der Waals surface area contributed by atoms with Gasteiger partial charge in [0.1, 0.15) is 17.0 Å². The zero-order chi connectivity index (χ0) is 21.5. The van der Waals surface area contributed by atoms with E-state index in [0.717, 1.165) is 26.0 Å². The van der Waals surface area contributed by atoms with Crippen LogP contribution in [0.1, 0.15) is 16.1 Å². The lowest BCUT2D eigenvalue weighted by atomic mass is 9.95. The molecule has 0 unspecified atom stereocenters. The van der Waals surface area contributed by atoms with E-state index in [1.807, 2.05) is 49.4 Å². The van der Waals surface area contributed by atoms with Crippen LogP contribution in [0.4, 0.5) is 11.5 Å². The average Bonchev–Trinajstić information content (AvgIpc) is 3.13. The second kappa shape index (κ2) is 7.61. The number of rotatable bonds is 3. The van der Waals surface area contributed by atoms with Gasteiger partial charge in [-0.05, 0) is 36.8 Å². The largest absolute Gasteiger partial charge is 0.382 e. The number of hydrogen-bond donors (Lipinski definition) is 2. The molecule has 3 heterocycles. The molecule has 5 rings (SSSR count). The number of aryl methyl sites for hydroxylation is 1. The molecule has 0 spiro atoms. The number of carbonyl (C=O) groups excluding carboxylic acids is 1. The Morgan fingerprint density at radius 1 is 1.06 bits per heavy atom. The molecule has 0 bridgehead atoms. The molecule has 3 aromatic heterocycles. The second-order valence-electron chi connectivity index (χ2n) is 6.99. The van der Waals surface area contributed by atoms with Crippen molar-refractivity contribution in [2.45, 2.75) is 6.92 Å². The molecule has 6 nitrogen and oxygen atoms in total. The minimum absolute atomic E-state index is 0.246. The zero-order valence-electron chi connectivity index (χ0n) is 16.4. The van der Waals surface area contributed by atoms with Crippen LogP contribution in [0.15, 0.2) is 60.9 Å². The first-order valence-electron chi connectivity index (χ1n) is 9.48. The van der Waals surface area contributed by atoms with Gasteiger partial charge in [0.05, 0.1) is 21.5 Å². The van der Waals surface area contributed by atoms with E-state index >= 15 is 0 Å². The van der Waals surface area contributed by atoms with Crippen molar-refractivity contribution in [3.63, 3.8) is 0 Å². The van der Waals surface area contributed by atoms with E-state index in [1.54, 1.807) is 12.1 Å². The van der Waals surface area contributed by atoms with Crippen molar-refractivity contribution in [3.05, 3.63) is 77.2 Å². The summed E-state index contributed by atoms with van der Waals surface area (Å²) < 4.78 is 0.750. The highest BCUT2D eigenvalue weighted by Gasteiger charge is 2.24. The van der Waals surface area contributed by atoms with Crippen molar-refractivity contribution in [1.29, 1.82) is 0 Å². The lowest BCUT2D eigenvalue weighted by Crippen LogP contribution is -2.16. The highest BCUT2D eigenvalue weighted by Crippen LogP contribution is 2.42. The van der Waals surface area contributed by atoms with Crippen molar-refractivity contribution in [2.75, 3.05) is 11.1 Å². The highest BCUT2D eigenvalue weighted by atomic mass is 35.5. The van der Waals surface area contributed by atoms with Crippen LogP contribution in [-0.4, -0.2) is 20.9 Å². The van der Waals surface area contributed by atoms with Gasteiger partial charge >= 0.3 is 0 Å². The first kappa shape index (κ1) is 19.4. The number of nitrogens with zero attached hydrogens (tertiary/aromatic N) is 3. The van der Waals surface area contributed by atoms with Crippen LogP contribution >= 0.6 is 22.9 Å². The summed E-state index contributed by atoms with van der Waals surface area (Å²) in [5.41, 5.74) is 10.2. The number of para-hydroxylation sites is 1. The summed E-state index contributed by atoms with van der Waals surface area (Å²) in [7, 11) is 0. The minimum Gasteiger partial charge on any atom is -0.382 e. The molecular weight excluding hydrogens is 430 g/mol. The van der Waals surface area contributed by atoms with Crippen LogP contribution in [0.2, 0.25) is 5.02 Å². The van der Waals surface area contributed by atoms with Crippen LogP contribution in [0, 0.1) is 6.92 Å². The molecule has 5 aromatic rings. The molecule has 1 amide bonds. The van der Waals surface area contributed by atoms with Gasteiger partial charge in [0.2, 0.25) is 0 Å². The van der Waals surface area contributed by atoms with E-state index in [0.29, 0.717) is 33.3 Å². The van der Waals surface area contributed by atoms with E-state index in [1.165, 1.54) is 17.7 Å². The summed E-state index contributed by atoms with van der Waals surface area (Å²) in [6.45, 7) is 1.83. The van der Waals surface area contributed by atoms with Gasteiger partial charge in [-0.3, -0.25) is 4.79 Å². The van der Waals surface area contributed by atoms with Gasteiger partial charge in [0, 0.05) is 21.7 Å². The molecule has 3 N–H and O–H groups in total. The third-order valence-electron chi connectivity index (χ3n) is 5.00. The fraction of sp³-hybridized carbons (Fsp3) is 0.0435. The number of fused-ring (bicyclic) bond motifs is 3. The number of anilines is 2. The lowest BCUT2D eigenvalue weighted by Gasteiger charge is -2.14. The van der Waals surface area contributed by atoms with E-state index < -0.39 is 0 Å². The number of carbonyl (C=O) groups is 1. The Bertz CT molecular complexity index is 1450. The Morgan fingerprint density at radius 2 is 1.81 bits per heavy atom. The Balaban J connectivity index is 1.83. The topological polar surface area (TPSA) is 93.8 Å². The summed E-state index contributed by atoms with van der Waals surface area (Å²) >= 11 is 7.55. The molecular formula is C23H16ClN5OS. The number of thiophene rings is 1. The summed E-state index contributed by atoms with van der Waals surface area (Å²) in [5.74, 6) is 0.146. The maximum atomic E-state index is 13.4. The number of pyridine rings is 1. The normalized spacial score (nSPS) is 11.2. The predicted octanol–water partition coefficient (Wildman–Crippen LogP) is 5.70. The Labute approximate surface area is 186 Å². The van der Waals surface area contributed by atoms with Gasteiger partial charge < -0.3 is 11.1 Å². The predicted molar refractivity (Wildman–Crippen MR) is 127 cm³/mol. The second-order valence-corrected chi connectivity index (χ2v) is 8.43. The van der Waals surface area contributed by atoms with Crippen molar-refractivity contribution in [1.82, 2.24) is 15.0 Å². The molecule has 31 heavy (non-hydrogen) atoms. The SMILES string of the molecule is Cc1nc2sc3c(N)ncnc3c2c(-c2ccc(Cl)cc2)c1C(=O)Nc1ccccc1. The van der Waals surface area contributed by atoms with Gasteiger partial charge in [-0.25, -0.2) is 15.0 Å². The number of benzene rings is 2.